The summed E-state index contributed by atoms with van der Waals surface area (Å²) in [5, 5.41) is 13.3. The SMILES string of the molecule is NCCNc1cnc(-c2ccccc2O)nc1C1CCCC1. The van der Waals surface area contributed by atoms with E-state index in [1.807, 2.05) is 18.3 Å². The van der Waals surface area contributed by atoms with Gasteiger partial charge < -0.3 is 16.2 Å². The molecule has 1 aromatic heterocycles. The molecule has 0 spiro atoms. The Bertz CT molecular complexity index is 638. The largest absolute Gasteiger partial charge is 0.507 e. The van der Waals surface area contributed by atoms with Crippen molar-refractivity contribution in [3.8, 4) is 17.1 Å². The molecule has 0 radical (unpaired) electrons. The van der Waals surface area contributed by atoms with Crippen LogP contribution in [0.15, 0.2) is 30.5 Å². The molecule has 1 aromatic carbocycles. The molecule has 0 aliphatic heterocycles. The number of aromatic hydroxyl groups is 1. The van der Waals surface area contributed by atoms with Gasteiger partial charge in [-0.3, -0.25) is 0 Å². The van der Waals surface area contributed by atoms with Crippen molar-refractivity contribution in [2.45, 2.75) is 31.6 Å². The molecule has 1 heterocycles. The van der Waals surface area contributed by atoms with E-state index in [0.717, 1.165) is 24.2 Å². The lowest BCUT2D eigenvalue weighted by atomic mass is 10.0. The number of hydrogen-bond acceptors (Lipinski definition) is 5. The van der Waals surface area contributed by atoms with Crippen molar-refractivity contribution in [1.82, 2.24) is 9.97 Å². The lowest BCUT2D eigenvalue weighted by Gasteiger charge is -2.16. The number of aromatic nitrogens is 2. The fourth-order valence-corrected chi connectivity index (χ4v) is 3.04. The maximum absolute atomic E-state index is 10.0. The maximum Gasteiger partial charge on any atom is 0.163 e. The lowest BCUT2D eigenvalue weighted by molar-refractivity contribution is 0.477. The van der Waals surface area contributed by atoms with E-state index < -0.39 is 0 Å². The van der Waals surface area contributed by atoms with Gasteiger partial charge in [-0.1, -0.05) is 25.0 Å². The Morgan fingerprint density at radius 3 is 2.73 bits per heavy atom. The van der Waals surface area contributed by atoms with Gasteiger partial charge in [0.25, 0.3) is 0 Å². The molecule has 5 nitrogen and oxygen atoms in total. The average Bonchev–Trinajstić information content (AvgIpc) is 3.08. The van der Waals surface area contributed by atoms with Gasteiger partial charge in [-0.2, -0.15) is 0 Å². The number of nitrogens with one attached hydrogen (secondary N) is 1. The van der Waals surface area contributed by atoms with Gasteiger partial charge in [-0.15, -0.1) is 0 Å². The highest BCUT2D eigenvalue weighted by molar-refractivity contribution is 5.65. The van der Waals surface area contributed by atoms with Crippen LogP contribution in [-0.2, 0) is 0 Å². The Kier molecular flexibility index (Phi) is 4.53. The van der Waals surface area contributed by atoms with Gasteiger partial charge in [0.15, 0.2) is 5.82 Å². The predicted octanol–water partition coefficient (Wildman–Crippen LogP) is 2.88. The Hall–Kier alpha value is -2.14. The van der Waals surface area contributed by atoms with E-state index in [-0.39, 0.29) is 5.75 Å². The summed E-state index contributed by atoms with van der Waals surface area (Å²) in [5.74, 6) is 1.26. The highest BCUT2D eigenvalue weighted by Crippen LogP contribution is 2.37. The van der Waals surface area contributed by atoms with Crippen LogP contribution < -0.4 is 11.1 Å². The van der Waals surface area contributed by atoms with Gasteiger partial charge in [0, 0.05) is 19.0 Å². The number of anilines is 1. The topological polar surface area (TPSA) is 84.1 Å². The average molecular weight is 298 g/mol. The van der Waals surface area contributed by atoms with Gasteiger partial charge >= 0.3 is 0 Å². The molecule has 22 heavy (non-hydrogen) atoms. The van der Waals surface area contributed by atoms with E-state index in [1.165, 1.54) is 12.8 Å². The minimum absolute atomic E-state index is 0.211. The third-order valence-corrected chi connectivity index (χ3v) is 4.16. The van der Waals surface area contributed by atoms with Gasteiger partial charge in [-0.05, 0) is 25.0 Å². The van der Waals surface area contributed by atoms with Crippen LogP contribution in [0.1, 0.15) is 37.3 Å². The molecule has 0 atom stereocenters. The summed E-state index contributed by atoms with van der Waals surface area (Å²) in [7, 11) is 0. The minimum atomic E-state index is 0.211. The molecule has 116 valence electrons. The Morgan fingerprint density at radius 2 is 2.00 bits per heavy atom. The highest BCUT2D eigenvalue weighted by atomic mass is 16.3. The van der Waals surface area contributed by atoms with E-state index in [2.05, 4.69) is 10.3 Å². The number of para-hydroxylation sites is 1. The number of benzene rings is 1. The second-order valence-electron chi connectivity index (χ2n) is 5.71. The molecule has 3 rings (SSSR count). The van der Waals surface area contributed by atoms with E-state index in [1.54, 1.807) is 12.1 Å². The molecule has 5 heteroatoms. The van der Waals surface area contributed by atoms with Gasteiger partial charge in [-0.25, -0.2) is 9.97 Å². The van der Waals surface area contributed by atoms with Crippen LogP contribution in [0.25, 0.3) is 11.4 Å². The summed E-state index contributed by atoms with van der Waals surface area (Å²) in [6.45, 7) is 1.28. The summed E-state index contributed by atoms with van der Waals surface area (Å²) in [6.07, 6.45) is 6.63. The van der Waals surface area contributed by atoms with Crippen molar-refractivity contribution < 1.29 is 5.11 Å². The first-order valence-electron chi connectivity index (χ1n) is 7.89. The van der Waals surface area contributed by atoms with Gasteiger partial charge in [0.05, 0.1) is 23.1 Å². The molecule has 0 saturated heterocycles. The Morgan fingerprint density at radius 1 is 1.23 bits per heavy atom. The number of rotatable bonds is 5. The van der Waals surface area contributed by atoms with Crippen LogP contribution in [0.5, 0.6) is 5.75 Å². The molecule has 0 bridgehead atoms. The van der Waals surface area contributed by atoms with E-state index in [0.29, 0.717) is 30.4 Å². The smallest absolute Gasteiger partial charge is 0.163 e. The van der Waals surface area contributed by atoms with Crippen molar-refractivity contribution in [3.63, 3.8) is 0 Å². The maximum atomic E-state index is 10.0. The summed E-state index contributed by atoms with van der Waals surface area (Å²) < 4.78 is 0. The van der Waals surface area contributed by atoms with Gasteiger partial charge in [0.1, 0.15) is 5.75 Å². The summed E-state index contributed by atoms with van der Waals surface area (Å²) in [5.41, 5.74) is 8.28. The Balaban J connectivity index is 1.99. The molecule has 1 aliphatic carbocycles. The van der Waals surface area contributed by atoms with Crippen LogP contribution in [-0.4, -0.2) is 28.2 Å². The highest BCUT2D eigenvalue weighted by Gasteiger charge is 2.23. The zero-order valence-electron chi connectivity index (χ0n) is 12.6. The van der Waals surface area contributed by atoms with Crippen LogP contribution >= 0.6 is 0 Å². The van der Waals surface area contributed by atoms with E-state index in [9.17, 15) is 5.11 Å². The summed E-state index contributed by atoms with van der Waals surface area (Å²) >= 11 is 0. The number of nitrogens with two attached hydrogens (primary N) is 1. The van der Waals surface area contributed by atoms with E-state index in [4.69, 9.17) is 10.7 Å². The molecule has 2 aromatic rings. The molecular formula is C17H22N4O. The standard InChI is InChI=1S/C17H22N4O/c18-9-10-19-14-11-20-17(13-7-3-4-8-15(13)22)21-16(14)12-5-1-2-6-12/h3-4,7-8,11-12,19,22H,1-2,5-6,9-10,18H2. The normalized spacial score (nSPS) is 15.1. The number of phenolic OH excluding ortho intramolecular Hbond substituents is 1. The van der Waals surface area contributed by atoms with Gasteiger partial charge in [0.2, 0.25) is 0 Å². The van der Waals surface area contributed by atoms with Crippen molar-refractivity contribution in [2.24, 2.45) is 5.73 Å². The predicted molar refractivity (Wildman–Crippen MR) is 87.9 cm³/mol. The minimum Gasteiger partial charge on any atom is -0.507 e. The van der Waals surface area contributed by atoms with E-state index >= 15 is 0 Å². The van der Waals surface area contributed by atoms with Crippen LogP contribution in [0.4, 0.5) is 5.69 Å². The van der Waals surface area contributed by atoms with Crippen molar-refractivity contribution >= 4 is 5.69 Å². The van der Waals surface area contributed by atoms with Crippen molar-refractivity contribution in [2.75, 3.05) is 18.4 Å². The Labute approximate surface area is 130 Å². The first-order chi connectivity index (χ1) is 10.8. The molecule has 1 saturated carbocycles. The molecule has 0 amide bonds. The summed E-state index contributed by atoms with van der Waals surface area (Å²) in [6, 6.07) is 7.19. The molecule has 1 aliphatic rings. The molecule has 0 unspecified atom stereocenters. The second kappa shape index (κ2) is 6.75. The zero-order chi connectivity index (χ0) is 15.4. The monoisotopic (exact) mass is 298 g/mol. The third kappa shape index (κ3) is 3.04. The number of hydrogen-bond donors (Lipinski definition) is 3. The zero-order valence-corrected chi connectivity index (χ0v) is 12.6. The lowest BCUT2D eigenvalue weighted by Crippen LogP contribution is -2.16. The first kappa shape index (κ1) is 14.8. The van der Waals surface area contributed by atoms with Crippen molar-refractivity contribution in [3.05, 3.63) is 36.2 Å². The fourth-order valence-electron chi connectivity index (χ4n) is 3.04. The third-order valence-electron chi connectivity index (χ3n) is 4.16. The quantitative estimate of drug-likeness (QED) is 0.790. The second-order valence-corrected chi connectivity index (χ2v) is 5.71. The number of phenols is 1. The first-order valence-corrected chi connectivity index (χ1v) is 7.89. The van der Waals surface area contributed by atoms with Crippen LogP contribution in [0.2, 0.25) is 0 Å². The molecular weight excluding hydrogens is 276 g/mol. The summed E-state index contributed by atoms with van der Waals surface area (Å²) in [4.78, 5) is 9.18. The van der Waals surface area contributed by atoms with Crippen LogP contribution in [0.3, 0.4) is 0 Å². The molecule has 4 N–H and O–H groups in total. The number of nitrogens with zero attached hydrogens (tertiary/aromatic N) is 2. The fraction of sp³-hybridized carbons (Fsp3) is 0.412. The van der Waals surface area contributed by atoms with Crippen molar-refractivity contribution in [1.29, 1.82) is 0 Å². The molecule has 1 fully saturated rings. The van der Waals surface area contributed by atoms with Crippen LogP contribution in [0, 0.1) is 0 Å².